The monoisotopic (exact) mass is 164 g/mol. The van der Waals surface area contributed by atoms with Crippen LogP contribution in [-0.2, 0) is 9.53 Å². The number of ether oxygens (including phenoxy) is 1. The van der Waals surface area contributed by atoms with E-state index in [0.717, 1.165) is 0 Å². The normalized spacial score (nSPS) is 9.43. The molecule has 0 aliphatic heterocycles. The lowest BCUT2D eigenvalue weighted by atomic mass is 10.8. The Balaban J connectivity index is 3.14. The van der Waals surface area contributed by atoms with Crippen molar-refractivity contribution in [2.75, 3.05) is 0 Å². The van der Waals surface area contributed by atoms with Crippen LogP contribution in [0.15, 0.2) is 11.2 Å². The van der Waals surface area contributed by atoms with E-state index in [4.69, 9.17) is 0 Å². The first-order valence-corrected chi connectivity index (χ1v) is 2.61. The third-order valence-electron chi connectivity index (χ3n) is 0.285. The van der Waals surface area contributed by atoms with Crippen LogP contribution in [-0.4, -0.2) is 5.97 Å². The van der Waals surface area contributed by atoms with Crippen LogP contribution >= 0.6 is 15.9 Å². The fourth-order valence-corrected chi connectivity index (χ4v) is 0.229. The Morgan fingerprint density at radius 1 is 1.86 bits per heavy atom. The zero-order valence-electron chi connectivity index (χ0n) is 3.85. The van der Waals surface area contributed by atoms with Crippen molar-refractivity contribution < 1.29 is 9.53 Å². The molecule has 0 aliphatic rings. The maximum absolute atomic E-state index is 9.91. The minimum atomic E-state index is -0.310. The molecule has 0 bridgehead atoms. The molecule has 0 unspecified atom stereocenters. The van der Waals surface area contributed by atoms with Crippen LogP contribution in [0.1, 0.15) is 6.92 Å². The number of esters is 1. The Kier molecular flexibility index (Phi) is 3.69. The van der Waals surface area contributed by atoms with Gasteiger partial charge in [-0.15, -0.1) is 0 Å². The van der Waals surface area contributed by atoms with Crippen molar-refractivity contribution in [3.05, 3.63) is 11.2 Å². The summed E-state index contributed by atoms with van der Waals surface area (Å²) in [4.78, 5) is 11.4. The Morgan fingerprint density at radius 2 is 2.43 bits per heavy atom. The summed E-state index contributed by atoms with van der Waals surface area (Å²) in [5.74, 6) is -0.310. The molecular weight excluding hydrogens is 160 g/mol. The van der Waals surface area contributed by atoms with E-state index in [2.05, 4.69) is 20.7 Å². The summed E-state index contributed by atoms with van der Waals surface area (Å²) in [6, 6.07) is 0. The third-order valence-corrected chi connectivity index (χ3v) is 0.501. The van der Waals surface area contributed by atoms with Gasteiger partial charge in [-0.1, -0.05) is 15.9 Å². The van der Waals surface area contributed by atoms with Crippen LogP contribution < -0.4 is 0 Å². The van der Waals surface area contributed by atoms with Gasteiger partial charge in [-0.05, 0) is 0 Å². The second-order valence-corrected chi connectivity index (χ2v) is 1.40. The minimum Gasteiger partial charge on any atom is -0.434 e. The fraction of sp³-hybridized carbons (Fsp3) is 0.250. The predicted molar refractivity (Wildman–Crippen MR) is 29.8 cm³/mol. The van der Waals surface area contributed by atoms with Gasteiger partial charge in [0.1, 0.15) is 6.26 Å². The Labute approximate surface area is 50.3 Å². The molecule has 3 heteroatoms. The molecule has 0 spiro atoms. The molecule has 0 fully saturated rings. The second kappa shape index (κ2) is 3.87. The number of carbonyl (C=O) groups excluding carboxylic acids is 1. The van der Waals surface area contributed by atoms with Gasteiger partial charge in [-0.2, -0.15) is 0 Å². The van der Waals surface area contributed by atoms with Crippen molar-refractivity contribution in [2.45, 2.75) is 6.92 Å². The van der Waals surface area contributed by atoms with Crippen LogP contribution in [0.25, 0.3) is 0 Å². The molecule has 0 rings (SSSR count). The summed E-state index contributed by atoms with van der Waals surface area (Å²) in [6.07, 6.45) is 1.27. The molecule has 0 aromatic rings. The first-order valence-electron chi connectivity index (χ1n) is 1.70. The van der Waals surface area contributed by atoms with E-state index >= 15 is 0 Å². The highest BCUT2D eigenvalue weighted by Gasteiger charge is 1.80. The summed E-state index contributed by atoms with van der Waals surface area (Å²) in [5, 5.41) is 0. The molecule has 0 aliphatic carbocycles. The average molecular weight is 165 g/mol. The average Bonchev–Trinajstić information content (AvgIpc) is 1.61. The molecule has 7 heavy (non-hydrogen) atoms. The number of carbonyl (C=O) groups is 1. The van der Waals surface area contributed by atoms with Gasteiger partial charge in [0.15, 0.2) is 0 Å². The highest BCUT2D eigenvalue weighted by atomic mass is 79.9. The highest BCUT2D eigenvalue weighted by Crippen LogP contribution is 1.83. The fourth-order valence-electron chi connectivity index (χ4n) is 0.122. The Hall–Kier alpha value is -0.310. The van der Waals surface area contributed by atoms with E-state index in [1.54, 1.807) is 0 Å². The largest absolute Gasteiger partial charge is 0.434 e. The lowest BCUT2D eigenvalue weighted by Crippen LogP contribution is -1.88. The van der Waals surface area contributed by atoms with Gasteiger partial charge in [0.05, 0.1) is 0 Å². The number of hydrogen-bond acceptors (Lipinski definition) is 2. The van der Waals surface area contributed by atoms with Gasteiger partial charge < -0.3 is 4.74 Å². The van der Waals surface area contributed by atoms with E-state index in [1.165, 1.54) is 18.2 Å². The van der Waals surface area contributed by atoms with Crippen LogP contribution in [0.4, 0.5) is 0 Å². The first-order chi connectivity index (χ1) is 3.27. The van der Waals surface area contributed by atoms with Crippen molar-refractivity contribution >= 4 is 21.9 Å². The van der Waals surface area contributed by atoms with Crippen molar-refractivity contribution in [2.24, 2.45) is 0 Å². The third kappa shape index (κ3) is 5.69. The van der Waals surface area contributed by atoms with Crippen LogP contribution in [0, 0.1) is 0 Å². The first kappa shape index (κ1) is 6.69. The van der Waals surface area contributed by atoms with Crippen molar-refractivity contribution in [3.63, 3.8) is 0 Å². The maximum atomic E-state index is 9.91. The SMILES string of the molecule is CC(=O)O/C=C/Br. The minimum absolute atomic E-state index is 0.310. The van der Waals surface area contributed by atoms with Gasteiger partial charge in [-0.25, -0.2) is 0 Å². The van der Waals surface area contributed by atoms with E-state index in [0.29, 0.717) is 0 Å². The van der Waals surface area contributed by atoms with Gasteiger partial charge >= 0.3 is 5.97 Å². The molecular formula is C4H5BrO2. The summed E-state index contributed by atoms with van der Waals surface area (Å²) in [6.45, 7) is 1.34. The molecule has 0 saturated heterocycles. The van der Waals surface area contributed by atoms with Gasteiger partial charge in [0.25, 0.3) is 0 Å². The number of halogens is 1. The predicted octanol–water partition coefficient (Wildman–Crippen LogP) is 1.42. The van der Waals surface area contributed by atoms with Gasteiger partial charge in [-0.3, -0.25) is 4.79 Å². The second-order valence-electron chi connectivity index (χ2n) is 0.872. The summed E-state index contributed by atoms with van der Waals surface area (Å²) >= 11 is 2.92. The van der Waals surface area contributed by atoms with E-state index < -0.39 is 0 Å². The Bertz CT molecular complexity index is 87.7. The summed E-state index contributed by atoms with van der Waals surface area (Å²) in [7, 11) is 0. The molecule has 0 atom stereocenters. The standard InChI is InChI=1S/C4H5BrO2/c1-4(6)7-3-2-5/h2-3H,1H3/b3-2+. The lowest BCUT2D eigenvalue weighted by Gasteiger charge is -1.84. The van der Waals surface area contributed by atoms with Crippen molar-refractivity contribution in [3.8, 4) is 0 Å². The highest BCUT2D eigenvalue weighted by molar-refractivity contribution is 9.11. The molecule has 0 N–H and O–H groups in total. The topological polar surface area (TPSA) is 26.3 Å². The van der Waals surface area contributed by atoms with Gasteiger partial charge in [0.2, 0.25) is 0 Å². The molecule has 2 nitrogen and oxygen atoms in total. The van der Waals surface area contributed by atoms with E-state index in [9.17, 15) is 4.79 Å². The summed E-state index contributed by atoms with van der Waals surface area (Å²) in [5.41, 5.74) is 0. The molecule has 0 amide bonds. The molecule has 0 saturated carbocycles. The van der Waals surface area contributed by atoms with E-state index in [1.807, 2.05) is 0 Å². The molecule has 0 radical (unpaired) electrons. The molecule has 0 heterocycles. The van der Waals surface area contributed by atoms with Crippen LogP contribution in [0.2, 0.25) is 0 Å². The lowest BCUT2D eigenvalue weighted by molar-refractivity contribution is -0.135. The number of rotatable bonds is 1. The maximum Gasteiger partial charge on any atom is 0.307 e. The van der Waals surface area contributed by atoms with Crippen LogP contribution in [0.5, 0.6) is 0 Å². The molecule has 40 valence electrons. The van der Waals surface area contributed by atoms with Crippen molar-refractivity contribution in [1.29, 1.82) is 0 Å². The molecule has 0 aromatic heterocycles. The smallest absolute Gasteiger partial charge is 0.307 e. The van der Waals surface area contributed by atoms with Crippen LogP contribution in [0.3, 0.4) is 0 Å². The number of hydrogen-bond donors (Lipinski definition) is 0. The van der Waals surface area contributed by atoms with Gasteiger partial charge in [0, 0.05) is 11.9 Å². The zero-order valence-corrected chi connectivity index (χ0v) is 5.44. The van der Waals surface area contributed by atoms with E-state index in [-0.39, 0.29) is 5.97 Å². The van der Waals surface area contributed by atoms with Crippen molar-refractivity contribution in [1.82, 2.24) is 0 Å². The zero-order chi connectivity index (χ0) is 5.70. The Morgan fingerprint density at radius 3 is 2.57 bits per heavy atom. The molecule has 0 aromatic carbocycles. The quantitative estimate of drug-likeness (QED) is 0.433. The summed E-state index contributed by atoms with van der Waals surface area (Å²) < 4.78 is 4.32.